The molecule has 1 aromatic heterocycles. The standard InChI is InChI=1S/C13H11N3O5S/c1-21-13(17)12-11(15)8(6-14)7-16(12)9-2-4-10(5-3-9)22(18,19)20/h2-5,7H,15H2,1H3,(H,18,19,20). The highest BCUT2D eigenvalue weighted by molar-refractivity contribution is 7.85. The van der Waals surface area contributed by atoms with Crippen molar-refractivity contribution in [1.82, 2.24) is 4.57 Å². The monoisotopic (exact) mass is 321 g/mol. The Labute approximate surface area is 126 Å². The van der Waals surface area contributed by atoms with Crippen LogP contribution in [0.5, 0.6) is 0 Å². The number of hydrogen-bond acceptors (Lipinski definition) is 6. The van der Waals surface area contributed by atoms with Gasteiger partial charge in [0, 0.05) is 11.9 Å². The third-order valence-corrected chi connectivity index (χ3v) is 3.82. The molecule has 0 radical (unpaired) electrons. The second kappa shape index (κ2) is 5.51. The van der Waals surface area contributed by atoms with Crippen molar-refractivity contribution >= 4 is 21.8 Å². The lowest BCUT2D eigenvalue weighted by molar-refractivity contribution is 0.0593. The van der Waals surface area contributed by atoms with Crippen molar-refractivity contribution in [3.05, 3.63) is 41.7 Å². The highest BCUT2D eigenvalue weighted by Crippen LogP contribution is 2.25. The van der Waals surface area contributed by atoms with Crippen molar-refractivity contribution in [3.63, 3.8) is 0 Å². The zero-order valence-electron chi connectivity index (χ0n) is 11.3. The molecule has 1 heterocycles. The number of carbonyl (C=O) groups excluding carboxylic acids is 1. The van der Waals surface area contributed by atoms with Crippen LogP contribution in [0.1, 0.15) is 16.1 Å². The molecule has 0 saturated heterocycles. The number of ether oxygens (including phenoxy) is 1. The number of carbonyl (C=O) groups is 1. The van der Waals surface area contributed by atoms with Gasteiger partial charge in [0.05, 0.1) is 23.3 Å². The summed E-state index contributed by atoms with van der Waals surface area (Å²) < 4.78 is 36.9. The number of benzene rings is 1. The van der Waals surface area contributed by atoms with Gasteiger partial charge in [-0.2, -0.15) is 13.7 Å². The van der Waals surface area contributed by atoms with Crippen LogP contribution in [0.3, 0.4) is 0 Å². The lowest BCUT2D eigenvalue weighted by Gasteiger charge is -2.08. The Kier molecular flexibility index (Phi) is 3.90. The van der Waals surface area contributed by atoms with Crippen molar-refractivity contribution in [2.75, 3.05) is 12.8 Å². The molecule has 0 fully saturated rings. The molecule has 1 aromatic carbocycles. The number of nitrogen functional groups attached to an aromatic ring is 1. The minimum absolute atomic E-state index is 0.0341. The number of nitrogens with two attached hydrogens (primary N) is 1. The molecule has 0 atom stereocenters. The lowest BCUT2D eigenvalue weighted by Crippen LogP contribution is -2.11. The SMILES string of the molecule is COC(=O)c1c(N)c(C#N)cn1-c1ccc(S(=O)(=O)O)cc1. The minimum atomic E-state index is -4.32. The summed E-state index contributed by atoms with van der Waals surface area (Å²) in [7, 11) is -3.15. The fraction of sp³-hybridized carbons (Fsp3) is 0.0769. The number of rotatable bonds is 3. The van der Waals surface area contributed by atoms with E-state index in [1.165, 1.54) is 30.0 Å². The average molecular weight is 321 g/mol. The Morgan fingerprint density at radius 3 is 2.41 bits per heavy atom. The summed E-state index contributed by atoms with van der Waals surface area (Å²) in [5.74, 6) is -0.738. The zero-order valence-corrected chi connectivity index (χ0v) is 12.2. The van der Waals surface area contributed by atoms with Gasteiger partial charge in [-0.25, -0.2) is 4.79 Å². The molecule has 0 saturated carbocycles. The second-order valence-corrected chi connectivity index (χ2v) is 5.67. The second-order valence-electron chi connectivity index (χ2n) is 4.25. The molecule has 0 aliphatic carbocycles. The van der Waals surface area contributed by atoms with E-state index in [-0.39, 0.29) is 21.8 Å². The first-order chi connectivity index (χ1) is 10.3. The van der Waals surface area contributed by atoms with Crippen LogP contribution in [0, 0.1) is 11.3 Å². The zero-order chi connectivity index (χ0) is 16.5. The largest absolute Gasteiger partial charge is 0.464 e. The van der Waals surface area contributed by atoms with E-state index in [1.54, 1.807) is 0 Å². The molecule has 114 valence electrons. The highest BCUT2D eigenvalue weighted by atomic mass is 32.2. The average Bonchev–Trinajstić information content (AvgIpc) is 2.82. The van der Waals surface area contributed by atoms with E-state index in [4.69, 9.17) is 15.5 Å². The summed E-state index contributed by atoms with van der Waals surface area (Å²) in [5.41, 5.74) is 6.13. The number of nitrogens with zero attached hydrogens (tertiary/aromatic N) is 2. The number of methoxy groups -OCH3 is 1. The molecule has 0 bridgehead atoms. The molecular formula is C13H11N3O5S. The van der Waals surface area contributed by atoms with Crippen LogP contribution in [-0.2, 0) is 14.9 Å². The summed E-state index contributed by atoms with van der Waals surface area (Å²) in [5, 5.41) is 9.00. The molecule has 22 heavy (non-hydrogen) atoms. The van der Waals surface area contributed by atoms with Crippen LogP contribution in [0.2, 0.25) is 0 Å². The number of nitriles is 1. The normalized spacial score (nSPS) is 11.0. The van der Waals surface area contributed by atoms with Crippen molar-refractivity contribution in [2.45, 2.75) is 4.90 Å². The van der Waals surface area contributed by atoms with Gasteiger partial charge in [0.15, 0.2) is 5.69 Å². The quantitative estimate of drug-likeness (QED) is 0.635. The fourth-order valence-electron chi connectivity index (χ4n) is 1.90. The number of hydrogen-bond donors (Lipinski definition) is 2. The van der Waals surface area contributed by atoms with E-state index in [0.29, 0.717) is 5.69 Å². The van der Waals surface area contributed by atoms with Gasteiger partial charge < -0.3 is 15.0 Å². The highest BCUT2D eigenvalue weighted by Gasteiger charge is 2.21. The Morgan fingerprint density at radius 1 is 1.36 bits per heavy atom. The maximum absolute atomic E-state index is 11.8. The van der Waals surface area contributed by atoms with Gasteiger partial charge in [-0.15, -0.1) is 0 Å². The number of anilines is 1. The van der Waals surface area contributed by atoms with Crippen LogP contribution in [0.25, 0.3) is 5.69 Å². The third-order valence-electron chi connectivity index (χ3n) is 2.96. The Morgan fingerprint density at radius 2 is 1.95 bits per heavy atom. The van der Waals surface area contributed by atoms with E-state index in [0.717, 1.165) is 12.1 Å². The molecule has 2 aromatic rings. The van der Waals surface area contributed by atoms with Gasteiger partial charge in [0.2, 0.25) is 0 Å². The molecule has 9 heteroatoms. The summed E-state index contributed by atoms with van der Waals surface area (Å²) in [6.07, 6.45) is 1.34. The van der Waals surface area contributed by atoms with E-state index < -0.39 is 16.1 Å². The van der Waals surface area contributed by atoms with E-state index in [1.807, 2.05) is 6.07 Å². The van der Waals surface area contributed by atoms with Gasteiger partial charge in [-0.1, -0.05) is 0 Å². The topological polar surface area (TPSA) is 135 Å². The lowest BCUT2D eigenvalue weighted by atomic mass is 10.2. The number of aromatic nitrogens is 1. The molecular weight excluding hydrogens is 310 g/mol. The van der Waals surface area contributed by atoms with Gasteiger partial charge in [-0.3, -0.25) is 4.55 Å². The van der Waals surface area contributed by atoms with Crippen molar-refractivity contribution in [2.24, 2.45) is 0 Å². The predicted molar refractivity (Wildman–Crippen MR) is 76.1 cm³/mol. The maximum atomic E-state index is 11.8. The number of esters is 1. The molecule has 0 aliphatic rings. The van der Waals surface area contributed by atoms with Gasteiger partial charge in [0.25, 0.3) is 10.1 Å². The summed E-state index contributed by atoms with van der Waals surface area (Å²) in [6.45, 7) is 0. The van der Waals surface area contributed by atoms with Crippen LogP contribution in [0.15, 0.2) is 35.4 Å². The molecule has 3 N–H and O–H groups in total. The van der Waals surface area contributed by atoms with Gasteiger partial charge in [0.1, 0.15) is 6.07 Å². The molecule has 8 nitrogen and oxygen atoms in total. The predicted octanol–water partition coefficient (Wildman–Crippen LogP) is 0.964. The van der Waals surface area contributed by atoms with Crippen LogP contribution in [0.4, 0.5) is 5.69 Å². The van der Waals surface area contributed by atoms with Crippen LogP contribution in [-0.4, -0.2) is 30.6 Å². The van der Waals surface area contributed by atoms with E-state index >= 15 is 0 Å². The summed E-state index contributed by atoms with van der Waals surface area (Å²) >= 11 is 0. The molecule has 0 unspecified atom stereocenters. The first-order valence-corrected chi connectivity index (χ1v) is 7.30. The Hall–Kier alpha value is -2.83. The summed E-state index contributed by atoms with van der Waals surface area (Å²) in [4.78, 5) is 11.5. The summed E-state index contributed by atoms with van der Waals surface area (Å²) in [6, 6.07) is 6.89. The Bertz CT molecular complexity index is 876. The fourth-order valence-corrected chi connectivity index (χ4v) is 2.38. The molecule has 2 rings (SSSR count). The van der Waals surface area contributed by atoms with Crippen molar-refractivity contribution in [1.29, 1.82) is 5.26 Å². The first kappa shape index (κ1) is 15.6. The minimum Gasteiger partial charge on any atom is -0.464 e. The third kappa shape index (κ3) is 2.65. The first-order valence-electron chi connectivity index (χ1n) is 5.86. The molecule has 0 spiro atoms. The van der Waals surface area contributed by atoms with Crippen LogP contribution >= 0.6 is 0 Å². The van der Waals surface area contributed by atoms with Crippen molar-refractivity contribution < 1.29 is 22.5 Å². The smallest absolute Gasteiger partial charge is 0.357 e. The Balaban J connectivity index is 2.62. The molecule has 0 amide bonds. The van der Waals surface area contributed by atoms with E-state index in [2.05, 4.69) is 4.74 Å². The van der Waals surface area contributed by atoms with Crippen molar-refractivity contribution in [3.8, 4) is 11.8 Å². The van der Waals surface area contributed by atoms with E-state index in [9.17, 15) is 13.2 Å². The van der Waals surface area contributed by atoms with Crippen LogP contribution < -0.4 is 5.73 Å². The molecule has 0 aliphatic heterocycles. The van der Waals surface area contributed by atoms with Gasteiger partial charge in [-0.05, 0) is 24.3 Å². The maximum Gasteiger partial charge on any atom is 0.357 e. The van der Waals surface area contributed by atoms with Gasteiger partial charge >= 0.3 is 5.97 Å².